The Morgan fingerprint density at radius 1 is 1.05 bits per heavy atom. The maximum Gasteiger partial charge on any atom is 0.255 e. The molecule has 10 heteroatoms. The van der Waals surface area contributed by atoms with Gasteiger partial charge in [0.05, 0.1) is 23.2 Å². The molecule has 5 rings (SSSR count). The van der Waals surface area contributed by atoms with Gasteiger partial charge in [-0.3, -0.25) is 9.78 Å². The van der Waals surface area contributed by atoms with Gasteiger partial charge in [0.15, 0.2) is 0 Å². The number of nitriles is 1. The Labute approximate surface area is 221 Å². The van der Waals surface area contributed by atoms with Crippen LogP contribution in [0.4, 0.5) is 22.7 Å². The molecular formula is C28H27N7O2S. The van der Waals surface area contributed by atoms with Crippen molar-refractivity contribution in [2.45, 2.75) is 24.9 Å². The lowest BCUT2D eigenvalue weighted by molar-refractivity contribution is 0.102. The molecule has 5 N–H and O–H groups in total. The molecule has 1 saturated carbocycles. The fraction of sp³-hybridized carbons (Fsp3) is 0.179. The van der Waals surface area contributed by atoms with Gasteiger partial charge in [-0.25, -0.2) is 13.7 Å². The third-order valence-corrected chi connectivity index (χ3v) is 6.98. The first-order valence-corrected chi connectivity index (χ1v) is 14.1. The van der Waals surface area contributed by atoms with Gasteiger partial charge in [-0.05, 0) is 79.6 Å². The van der Waals surface area contributed by atoms with Gasteiger partial charge in [-0.2, -0.15) is 5.26 Å². The minimum Gasteiger partial charge on any atom is -0.382 e. The number of nitrogens with two attached hydrogens (primary N) is 1. The SMILES string of the molecule is CS(N)(=O)=NC1CC(Nc2ccc(NC(=O)c3cccc(Nc4ccnc5ccc(C#N)cc45)c3)cc2)C1. The van der Waals surface area contributed by atoms with E-state index in [1.807, 2.05) is 48.5 Å². The molecule has 1 unspecified atom stereocenters. The summed E-state index contributed by atoms with van der Waals surface area (Å²) >= 11 is 0. The Morgan fingerprint density at radius 2 is 1.82 bits per heavy atom. The Morgan fingerprint density at radius 3 is 2.55 bits per heavy atom. The van der Waals surface area contributed by atoms with Gasteiger partial charge in [0.1, 0.15) is 9.92 Å². The van der Waals surface area contributed by atoms with Gasteiger partial charge in [0, 0.05) is 52.2 Å². The summed E-state index contributed by atoms with van der Waals surface area (Å²) in [6.07, 6.45) is 4.73. The molecule has 9 nitrogen and oxygen atoms in total. The molecule has 0 spiro atoms. The van der Waals surface area contributed by atoms with Gasteiger partial charge in [0.2, 0.25) is 0 Å². The van der Waals surface area contributed by atoms with Gasteiger partial charge in [-0.1, -0.05) is 6.07 Å². The Hall–Kier alpha value is -4.46. The van der Waals surface area contributed by atoms with Crippen LogP contribution in [-0.4, -0.2) is 33.4 Å². The second-order valence-corrected chi connectivity index (χ2v) is 11.3. The van der Waals surface area contributed by atoms with Crippen LogP contribution < -0.4 is 21.1 Å². The normalized spacial score (nSPS) is 17.9. The molecule has 38 heavy (non-hydrogen) atoms. The van der Waals surface area contributed by atoms with Crippen molar-refractivity contribution in [2.24, 2.45) is 9.50 Å². The number of pyridine rings is 1. The van der Waals surface area contributed by atoms with Crippen LogP contribution in [0.15, 0.2) is 83.4 Å². The minimum atomic E-state index is -2.56. The maximum absolute atomic E-state index is 12.9. The van der Waals surface area contributed by atoms with Crippen molar-refractivity contribution in [3.05, 3.63) is 90.1 Å². The van der Waals surface area contributed by atoms with E-state index in [-0.39, 0.29) is 18.0 Å². The number of nitrogens with zero attached hydrogens (tertiary/aromatic N) is 3. The molecule has 0 radical (unpaired) electrons. The zero-order chi connectivity index (χ0) is 26.7. The summed E-state index contributed by atoms with van der Waals surface area (Å²) in [5, 5.41) is 25.3. The predicted molar refractivity (Wildman–Crippen MR) is 152 cm³/mol. The third-order valence-electron chi connectivity index (χ3n) is 6.26. The molecule has 1 fully saturated rings. The van der Waals surface area contributed by atoms with Gasteiger partial charge in [0.25, 0.3) is 5.91 Å². The maximum atomic E-state index is 12.9. The number of aromatic nitrogens is 1. The molecule has 0 saturated heterocycles. The number of carbonyl (C=O) groups excluding carboxylic acids is 1. The van der Waals surface area contributed by atoms with Gasteiger partial charge < -0.3 is 16.0 Å². The zero-order valence-corrected chi connectivity index (χ0v) is 21.5. The van der Waals surface area contributed by atoms with E-state index in [9.17, 15) is 14.3 Å². The van der Waals surface area contributed by atoms with Crippen LogP contribution in [0.1, 0.15) is 28.8 Å². The fourth-order valence-corrected chi connectivity index (χ4v) is 5.16. The lowest BCUT2D eigenvalue weighted by atomic mass is 9.87. The van der Waals surface area contributed by atoms with Crippen LogP contribution >= 0.6 is 0 Å². The van der Waals surface area contributed by atoms with E-state index in [2.05, 4.69) is 31.4 Å². The number of hydrogen-bond acceptors (Lipinski definition) is 7. The summed E-state index contributed by atoms with van der Waals surface area (Å²) in [5.41, 5.74) is 4.98. The molecule has 1 aliphatic rings. The summed E-state index contributed by atoms with van der Waals surface area (Å²) in [5.74, 6) is -0.228. The van der Waals surface area contributed by atoms with Gasteiger partial charge in [-0.15, -0.1) is 0 Å². The van der Waals surface area contributed by atoms with E-state index >= 15 is 0 Å². The van der Waals surface area contributed by atoms with E-state index in [1.165, 1.54) is 6.26 Å². The van der Waals surface area contributed by atoms with Crippen molar-refractivity contribution in [3.63, 3.8) is 0 Å². The van der Waals surface area contributed by atoms with E-state index in [0.717, 1.165) is 40.8 Å². The second kappa shape index (κ2) is 10.5. The van der Waals surface area contributed by atoms with Crippen molar-refractivity contribution < 1.29 is 9.00 Å². The lowest BCUT2D eigenvalue weighted by Gasteiger charge is -2.34. The highest BCUT2D eigenvalue weighted by Gasteiger charge is 2.29. The molecule has 0 aliphatic heterocycles. The van der Waals surface area contributed by atoms with E-state index in [4.69, 9.17) is 5.14 Å². The first-order valence-electron chi connectivity index (χ1n) is 12.1. The molecule has 1 aliphatic carbocycles. The first kappa shape index (κ1) is 25.2. The molecule has 0 bridgehead atoms. The average Bonchev–Trinajstić information content (AvgIpc) is 2.88. The topological polar surface area (TPSA) is 145 Å². The highest BCUT2D eigenvalue weighted by molar-refractivity contribution is 7.90. The summed E-state index contributed by atoms with van der Waals surface area (Å²) in [6, 6.07) is 24.4. The molecule has 1 atom stereocenters. The predicted octanol–water partition coefficient (Wildman–Crippen LogP) is 5.02. The fourth-order valence-electron chi connectivity index (χ4n) is 4.39. The zero-order valence-electron chi connectivity index (χ0n) is 20.7. The standard InChI is InChI=1S/C28H27N7O2S/c1-38(30,37)35-24-15-23(16-24)32-20-6-8-21(9-7-20)34-28(36)19-3-2-4-22(14-19)33-27-11-12-31-26-10-5-18(17-29)13-25(26)27/h2-14,23-24,32H,15-16H2,1H3,(H,31,33)(H,34,36)(H2,30,35,37). The molecular weight excluding hydrogens is 498 g/mol. The average molecular weight is 526 g/mol. The lowest BCUT2D eigenvalue weighted by Crippen LogP contribution is -2.39. The molecule has 192 valence electrons. The number of amides is 1. The van der Waals surface area contributed by atoms with E-state index in [0.29, 0.717) is 16.8 Å². The third kappa shape index (κ3) is 6.08. The van der Waals surface area contributed by atoms with Crippen LogP contribution in [0, 0.1) is 11.3 Å². The largest absolute Gasteiger partial charge is 0.382 e. The number of rotatable bonds is 7. The summed E-state index contributed by atoms with van der Waals surface area (Å²) in [7, 11) is -2.56. The molecule has 1 aromatic heterocycles. The van der Waals surface area contributed by atoms with Crippen molar-refractivity contribution in [1.29, 1.82) is 5.26 Å². The number of nitrogens with one attached hydrogen (secondary N) is 3. The summed E-state index contributed by atoms with van der Waals surface area (Å²) in [6.45, 7) is 0. The summed E-state index contributed by atoms with van der Waals surface area (Å²) in [4.78, 5) is 17.3. The number of carbonyl (C=O) groups is 1. The van der Waals surface area contributed by atoms with Crippen LogP contribution in [-0.2, 0) is 9.92 Å². The van der Waals surface area contributed by atoms with Crippen LogP contribution in [0.25, 0.3) is 10.9 Å². The molecule has 4 aromatic rings. The van der Waals surface area contributed by atoms with E-state index < -0.39 is 9.92 Å². The van der Waals surface area contributed by atoms with Crippen molar-refractivity contribution in [1.82, 2.24) is 4.98 Å². The first-order chi connectivity index (χ1) is 18.3. The Balaban J connectivity index is 1.22. The van der Waals surface area contributed by atoms with Crippen LogP contribution in [0.5, 0.6) is 0 Å². The highest BCUT2D eigenvalue weighted by atomic mass is 32.2. The van der Waals surface area contributed by atoms with Crippen LogP contribution in [0.3, 0.4) is 0 Å². The second-order valence-electron chi connectivity index (χ2n) is 9.37. The Kier molecular flexibility index (Phi) is 6.96. The highest BCUT2D eigenvalue weighted by Crippen LogP contribution is 2.29. The number of hydrogen-bond donors (Lipinski definition) is 4. The number of benzene rings is 3. The molecule has 1 amide bonds. The van der Waals surface area contributed by atoms with Gasteiger partial charge >= 0.3 is 0 Å². The van der Waals surface area contributed by atoms with Crippen molar-refractivity contribution in [3.8, 4) is 6.07 Å². The number of anilines is 4. The van der Waals surface area contributed by atoms with Crippen molar-refractivity contribution in [2.75, 3.05) is 22.2 Å². The molecule has 3 aromatic carbocycles. The van der Waals surface area contributed by atoms with E-state index in [1.54, 1.807) is 30.5 Å². The Bertz CT molecular complexity index is 1660. The minimum absolute atomic E-state index is 0.0334. The quantitative estimate of drug-likeness (QED) is 0.267. The van der Waals surface area contributed by atoms with Crippen molar-refractivity contribution >= 4 is 49.5 Å². The molecule has 1 heterocycles. The van der Waals surface area contributed by atoms with Crippen LogP contribution in [0.2, 0.25) is 0 Å². The number of fused-ring (bicyclic) bond motifs is 1. The summed E-state index contributed by atoms with van der Waals surface area (Å²) < 4.78 is 15.7. The smallest absolute Gasteiger partial charge is 0.255 e. The monoisotopic (exact) mass is 525 g/mol.